The summed E-state index contributed by atoms with van der Waals surface area (Å²) < 4.78 is 2.54. The highest BCUT2D eigenvalue weighted by Crippen LogP contribution is 2.50. The van der Waals surface area contributed by atoms with Gasteiger partial charge in [0.2, 0.25) is 0 Å². The van der Waals surface area contributed by atoms with Crippen molar-refractivity contribution in [3.63, 3.8) is 0 Å². The minimum Gasteiger partial charge on any atom is -0.310 e. The van der Waals surface area contributed by atoms with Gasteiger partial charge < -0.3 is 9.80 Å². The Morgan fingerprint density at radius 3 is 1.42 bits per heavy atom. The molecule has 0 saturated carbocycles. The molecule has 10 aromatic rings. The lowest BCUT2D eigenvalue weighted by Crippen LogP contribution is -2.13. The van der Waals surface area contributed by atoms with Gasteiger partial charge in [0.15, 0.2) is 0 Å². The highest BCUT2D eigenvalue weighted by Gasteiger charge is 2.24. The van der Waals surface area contributed by atoms with Gasteiger partial charge in [-0.05, 0) is 93.7 Å². The molecule has 0 aliphatic rings. The Morgan fingerprint density at radius 2 is 0.800 bits per heavy atom. The van der Waals surface area contributed by atoms with Crippen molar-refractivity contribution in [1.29, 1.82) is 0 Å². The Balaban J connectivity index is 1.28. The fourth-order valence-electron chi connectivity index (χ4n) is 7.84. The van der Waals surface area contributed by atoms with Crippen LogP contribution < -0.4 is 9.80 Å². The number of fused-ring (bicyclic) bond motifs is 5. The van der Waals surface area contributed by atoms with E-state index in [1.807, 2.05) is 11.3 Å². The van der Waals surface area contributed by atoms with Gasteiger partial charge in [-0.3, -0.25) is 0 Å². The molecule has 1 heterocycles. The fraction of sp³-hybridized carbons (Fsp3) is 0. The summed E-state index contributed by atoms with van der Waals surface area (Å²) >= 11 is 1.88. The molecule has 0 aliphatic heterocycles. The van der Waals surface area contributed by atoms with Gasteiger partial charge in [-0.1, -0.05) is 158 Å². The SMILES string of the molecule is c1ccc(-c2cccc(N(c3ccccc3)c3cc(N(c4ccccc4)c4cccc(-c5ccccc5)c4)c4c(c3)sc3c5ccccc5ccc34)c2)cc1. The van der Waals surface area contributed by atoms with Crippen LogP contribution in [0.25, 0.3) is 53.2 Å². The standard InChI is InChI=1S/C52H36N2S/c1-5-17-37(18-6-1)40-22-15-28-44(33-40)53(42-24-9-3-10-25-42)46-35-49(51-48-32-31-39-21-13-14-30-47(39)52(48)55-50(51)36-46)54(43-26-11-4-12-27-43)45-29-16-23-41(34-45)38-19-7-2-8-20-38/h1-36H. The monoisotopic (exact) mass is 720 g/mol. The van der Waals surface area contributed by atoms with Crippen LogP contribution in [0, 0.1) is 0 Å². The number of nitrogens with zero attached hydrogens (tertiary/aromatic N) is 2. The Morgan fingerprint density at radius 1 is 0.309 bits per heavy atom. The molecule has 1 aromatic heterocycles. The summed E-state index contributed by atoms with van der Waals surface area (Å²) in [5.74, 6) is 0. The van der Waals surface area contributed by atoms with Crippen molar-refractivity contribution in [3.8, 4) is 22.3 Å². The second-order valence-corrected chi connectivity index (χ2v) is 14.8. The quantitative estimate of drug-likeness (QED) is 0.154. The number of anilines is 6. The van der Waals surface area contributed by atoms with Crippen molar-refractivity contribution >= 4 is 76.4 Å². The van der Waals surface area contributed by atoms with Crippen molar-refractivity contribution < 1.29 is 0 Å². The number of thiophene rings is 1. The molecule has 0 N–H and O–H groups in total. The molecular formula is C52H36N2S. The van der Waals surface area contributed by atoms with Gasteiger partial charge in [-0.15, -0.1) is 11.3 Å². The number of benzene rings is 9. The second kappa shape index (κ2) is 14.1. The van der Waals surface area contributed by atoms with Crippen molar-refractivity contribution in [2.24, 2.45) is 0 Å². The van der Waals surface area contributed by atoms with Crippen LogP contribution in [-0.2, 0) is 0 Å². The molecule has 260 valence electrons. The van der Waals surface area contributed by atoms with E-state index in [4.69, 9.17) is 0 Å². The maximum atomic E-state index is 2.45. The number of rotatable bonds is 8. The average molecular weight is 721 g/mol. The molecule has 0 aliphatic carbocycles. The van der Waals surface area contributed by atoms with E-state index in [1.165, 1.54) is 53.2 Å². The Bertz CT molecular complexity index is 2920. The average Bonchev–Trinajstić information content (AvgIpc) is 3.65. The van der Waals surface area contributed by atoms with Crippen LogP contribution in [0.5, 0.6) is 0 Å². The molecule has 0 fully saturated rings. The first kappa shape index (κ1) is 32.7. The summed E-state index contributed by atoms with van der Waals surface area (Å²) in [5, 5.41) is 5.04. The Hall–Kier alpha value is -6.94. The third kappa shape index (κ3) is 6.11. The third-order valence-electron chi connectivity index (χ3n) is 10.4. The van der Waals surface area contributed by atoms with Gasteiger partial charge >= 0.3 is 0 Å². The zero-order valence-corrected chi connectivity index (χ0v) is 30.9. The van der Waals surface area contributed by atoms with E-state index in [2.05, 4.69) is 228 Å². The Kier molecular flexibility index (Phi) is 8.40. The first-order valence-corrected chi connectivity index (χ1v) is 19.5. The van der Waals surface area contributed by atoms with Crippen LogP contribution in [0.1, 0.15) is 0 Å². The van der Waals surface area contributed by atoms with Crippen LogP contribution >= 0.6 is 11.3 Å². The largest absolute Gasteiger partial charge is 0.310 e. The zero-order valence-electron chi connectivity index (χ0n) is 30.1. The fourth-order valence-corrected chi connectivity index (χ4v) is 9.13. The molecule has 0 atom stereocenters. The maximum Gasteiger partial charge on any atom is 0.0575 e. The van der Waals surface area contributed by atoms with E-state index in [1.54, 1.807) is 0 Å². The van der Waals surface area contributed by atoms with Crippen LogP contribution in [0.3, 0.4) is 0 Å². The smallest absolute Gasteiger partial charge is 0.0575 e. The number of hydrogen-bond acceptors (Lipinski definition) is 3. The van der Waals surface area contributed by atoms with Crippen LogP contribution in [0.4, 0.5) is 34.1 Å². The summed E-state index contributed by atoms with van der Waals surface area (Å²) in [6.07, 6.45) is 0. The van der Waals surface area contributed by atoms with Crippen molar-refractivity contribution in [3.05, 3.63) is 218 Å². The first-order valence-electron chi connectivity index (χ1n) is 18.7. The summed E-state index contributed by atoms with van der Waals surface area (Å²) in [6, 6.07) is 78.8. The highest BCUT2D eigenvalue weighted by molar-refractivity contribution is 7.26. The molecule has 0 saturated heterocycles. The van der Waals surface area contributed by atoms with Crippen LogP contribution in [-0.4, -0.2) is 0 Å². The topological polar surface area (TPSA) is 6.48 Å². The van der Waals surface area contributed by atoms with E-state index < -0.39 is 0 Å². The van der Waals surface area contributed by atoms with E-state index in [-0.39, 0.29) is 0 Å². The molecule has 55 heavy (non-hydrogen) atoms. The molecule has 0 unspecified atom stereocenters. The molecule has 0 bridgehead atoms. The molecular weight excluding hydrogens is 685 g/mol. The normalized spacial score (nSPS) is 11.3. The van der Waals surface area contributed by atoms with E-state index in [9.17, 15) is 0 Å². The Labute approximate surface area is 325 Å². The lowest BCUT2D eigenvalue weighted by Gasteiger charge is -2.30. The highest BCUT2D eigenvalue weighted by atomic mass is 32.1. The van der Waals surface area contributed by atoms with E-state index >= 15 is 0 Å². The van der Waals surface area contributed by atoms with Crippen LogP contribution in [0.15, 0.2) is 218 Å². The predicted molar refractivity (Wildman–Crippen MR) is 237 cm³/mol. The molecule has 9 aromatic carbocycles. The third-order valence-corrected chi connectivity index (χ3v) is 11.6. The van der Waals surface area contributed by atoms with Gasteiger partial charge in [-0.25, -0.2) is 0 Å². The minimum absolute atomic E-state index is 1.09. The molecule has 0 radical (unpaired) electrons. The number of hydrogen-bond donors (Lipinski definition) is 0. The first-order chi connectivity index (χ1) is 27.3. The van der Waals surface area contributed by atoms with Crippen LogP contribution in [0.2, 0.25) is 0 Å². The van der Waals surface area contributed by atoms with E-state index in [0.717, 1.165) is 34.1 Å². The van der Waals surface area contributed by atoms with Crippen molar-refractivity contribution in [1.82, 2.24) is 0 Å². The van der Waals surface area contributed by atoms with E-state index in [0.29, 0.717) is 0 Å². The molecule has 0 amide bonds. The summed E-state index contributed by atoms with van der Waals surface area (Å²) in [6.45, 7) is 0. The van der Waals surface area contributed by atoms with Gasteiger partial charge in [0.05, 0.1) is 5.69 Å². The lowest BCUT2D eigenvalue weighted by atomic mass is 10.0. The second-order valence-electron chi connectivity index (χ2n) is 13.8. The van der Waals surface area contributed by atoms with Gasteiger partial charge in [-0.2, -0.15) is 0 Å². The van der Waals surface area contributed by atoms with Crippen molar-refractivity contribution in [2.45, 2.75) is 0 Å². The minimum atomic E-state index is 1.09. The number of para-hydroxylation sites is 2. The molecule has 0 spiro atoms. The summed E-state index contributed by atoms with van der Waals surface area (Å²) in [7, 11) is 0. The van der Waals surface area contributed by atoms with Gasteiger partial charge in [0, 0.05) is 48.6 Å². The predicted octanol–water partition coefficient (Wildman–Crippen LogP) is 15.5. The molecule has 3 heteroatoms. The maximum absolute atomic E-state index is 2.45. The summed E-state index contributed by atoms with van der Waals surface area (Å²) in [5.41, 5.74) is 11.4. The van der Waals surface area contributed by atoms with Gasteiger partial charge in [0.1, 0.15) is 0 Å². The summed E-state index contributed by atoms with van der Waals surface area (Å²) in [4.78, 5) is 4.85. The lowest BCUT2D eigenvalue weighted by molar-refractivity contribution is 1.26. The van der Waals surface area contributed by atoms with Gasteiger partial charge in [0.25, 0.3) is 0 Å². The molecule has 10 rings (SSSR count). The molecule has 2 nitrogen and oxygen atoms in total. The zero-order chi connectivity index (χ0) is 36.6. The van der Waals surface area contributed by atoms with Crippen molar-refractivity contribution in [2.75, 3.05) is 9.80 Å².